The van der Waals surface area contributed by atoms with Gasteiger partial charge in [0.1, 0.15) is 6.04 Å². The average Bonchev–Trinajstić information content (AvgIpc) is 3.09. The molecule has 148 valence electrons. The van der Waals surface area contributed by atoms with Gasteiger partial charge in [-0.3, -0.25) is 9.59 Å². The summed E-state index contributed by atoms with van der Waals surface area (Å²) in [6.07, 6.45) is -0.403. The Morgan fingerprint density at radius 2 is 1.57 bits per heavy atom. The summed E-state index contributed by atoms with van der Waals surface area (Å²) in [6, 6.07) is 17.1. The number of carbonyl (C=O) groups is 2. The summed E-state index contributed by atoms with van der Waals surface area (Å²) in [6.45, 7) is 5.92. The third-order valence-electron chi connectivity index (χ3n) is 5.34. The predicted molar refractivity (Wildman–Crippen MR) is 109 cm³/mol. The maximum absolute atomic E-state index is 13.0. The number of benzene rings is 2. The highest BCUT2D eigenvalue weighted by molar-refractivity contribution is 5.88. The van der Waals surface area contributed by atoms with Crippen LogP contribution in [0.15, 0.2) is 54.6 Å². The summed E-state index contributed by atoms with van der Waals surface area (Å²) in [7, 11) is 0. The second-order valence-electron chi connectivity index (χ2n) is 7.75. The van der Waals surface area contributed by atoms with E-state index in [1.165, 1.54) is 17.4 Å². The fraction of sp³-hybridized carbons (Fsp3) is 0.391. The number of hydrogen-bond donors (Lipinski definition) is 2. The largest absolute Gasteiger partial charge is 0.391 e. The van der Waals surface area contributed by atoms with Crippen LogP contribution in [0.25, 0.3) is 0 Å². The molecule has 1 aliphatic rings. The van der Waals surface area contributed by atoms with Crippen molar-refractivity contribution in [1.82, 2.24) is 10.2 Å². The minimum atomic E-state index is -0.667. The molecule has 5 nitrogen and oxygen atoms in total. The van der Waals surface area contributed by atoms with Gasteiger partial charge in [-0.25, -0.2) is 0 Å². The van der Waals surface area contributed by atoms with Crippen LogP contribution >= 0.6 is 0 Å². The molecule has 0 spiro atoms. The first-order valence-electron chi connectivity index (χ1n) is 9.77. The number of aliphatic hydroxyl groups excluding tert-OH is 1. The zero-order valence-electron chi connectivity index (χ0n) is 16.6. The molecule has 2 aromatic rings. The Labute approximate surface area is 166 Å². The summed E-state index contributed by atoms with van der Waals surface area (Å²) < 4.78 is 0. The quantitative estimate of drug-likeness (QED) is 0.838. The lowest BCUT2D eigenvalue weighted by atomic mass is 9.95. The molecule has 3 rings (SSSR count). The van der Waals surface area contributed by atoms with Gasteiger partial charge in [-0.2, -0.15) is 0 Å². The second-order valence-corrected chi connectivity index (χ2v) is 7.75. The first kappa shape index (κ1) is 20.1. The number of hydrogen-bond acceptors (Lipinski definition) is 3. The van der Waals surface area contributed by atoms with E-state index in [0.717, 1.165) is 11.1 Å². The van der Waals surface area contributed by atoms with E-state index < -0.39 is 12.1 Å². The van der Waals surface area contributed by atoms with Crippen LogP contribution in [0, 0.1) is 0 Å². The van der Waals surface area contributed by atoms with E-state index in [2.05, 4.69) is 31.3 Å². The molecule has 1 fully saturated rings. The molecule has 0 aromatic heterocycles. The monoisotopic (exact) mass is 380 g/mol. The highest BCUT2D eigenvalue weighted by Gasteiger charge is 2.38. The van der Waals surface area contributed by atoms with Crippen molar-refractivity contribution in [2.24, 2.45) is 0 Å². The lowest BCUT2D eigenvalue weighted by Crippen LogP contribution is -2.46. The zero-order valence-corrected chi connectivity index (χ0v) is 16.6. The number of likely N-dealkylation sites (tertiary alicyclic amines) is 1. The highest BCUT2D eigenvalue weighted by Crippen LogP contribution is 2.26. The van der Waals surface area contributed by atoms with Crippen LogP contribution in [0.5, 0.6) is 0 Å². The van der Waals surface area contributed by atoms with Crippen molar-refractivity contribution >= 4 is 11.8 Å². The molecule has 3 atom stereocenters. The molecule has 0 aliphatic carbocycles. The minimum Gasteiger partial charge on any atom is -0.391 e. The Bertz CT molecular complexity index is 818. The standard InChI is InChI=1S/C23H28N2O3/c1-15(2)17-9-11-19(12-10-17)22(18-7-5-4-6-8-18)24-23(28)21-13-20(27)14-25(21)16(3)26/h4-12,15,20-22,27H,13-14H2,1-3H3,(H,24,28). The molecule has 0 saturated carbocycles. The number of nitrogens with zero attached hydrogens (tertiary/aromatic N) is 1. The normalized spacial score (nSPS) is 20.2. The molecule has 3 unspecified atom stereocenters. The Hall–Kier alpha value is -2.66. The lowest BCUT2D eigenvalue weighted by Gasteiger charge is -2.26. The summed E-state index contributed by atoms with van der Waals surface area (Å²) in [5, 5.41) is 13.0. The summed E-state index contributed by atoms with van der Waals surface area (Å²) >= 11 is 0. The van der Waals surface area contributed by atoms with Crippen molar-refractivity contribution < 1.29 is 14.7 Å². The molecule has 1 heterocycles. The van der Waals surface area contributed by atoms with Crippen LogP contribution in [0.1, 0.15) is 55.8 Å². The van der Waals surface area contributed by atoms with E-state index >= 15 is 0 Å². The van der Waals surface area contributed by atoms with E-state index in [1.54, 1.807) is 0 Å². The Kier molecular flexibility index (Phi) is 6.15. The van der Waals surface area contributed by atoms with Crippen molar-refractivity contribution in [2.75, 3.05) is 6.54 Å². The van der Waals surface area contributed by atoms with Crippen LogP contribution in [0.4, 0.5) is 0 Å². The molecular weight excluding hydrogens is 352 g/mol. The van der Waals surface area contributed by atoms with E-state index in [1.807, 2.05) is 42.5 Å². The maximum atomic E-state index is 13.0. The fourth-order valence-corrected chi connectivity index (χ4v) is 3.73. The number of aliphatic hydroxyl groups is 1. The average molecular weight is 380 g/mol. The van der Waals surface area contributed by atoms with Gasteiger partial charge >= 0.3 is 0 Å². The van der Waals surface area contributed by atoms with Crippen LogP contribution in [0.2, 0.25) is 0 Å². The number of rotatable bonds is 5. The molecule has 2 amide bonds. The van der Waals surface area contributed by atoms with Gasteiger partial charge in [0, 0.05) is 19.9 Å². The van der Waals surface area contributed by atoms with Crippen molar-refractivity contribution in [3.05, 3.63) is 71.3 Å². The first-order chi connectivity index (χ1) is 13.4. The van der Waals surface area contributed by atoms with Gasteiger partial charge in [-0.05, 0) is 22.6 Å². The van der Waals surface area contributed by atoms with Crippen LogP contribution < -0.4 is 5.32 Å². The van der Waals surface area contributed by atoms with E-state index in [9.17, 15) is 14.7 Å². The molecule has 1 aliphatic heterocycles. The number of β-amino-alcohol motifs (C(OH)–C–C–N with tert-alkyl or cyclic N) is 1. The molecule has 2 aromatic carbocycles. The third-order valence-corrected chi connectivity index (χ3v) is 5.34. The predicted octanol–water partition coefficient (Wildman–Crippen LogP) is 3.00. The molecule has 1 saturated heterocycles. The van der Waals surface area contributed by atoms with Crippen molar-refractivity contribution in [3.8, 4) is 0 Å². The number of carbonyl (C=O) groups excluding carboxylic acids is 2. The maximum Gasteiger partial charge on any atom is 0.243 e. The van der Waals surface area contributed by atoms with Gasteiger partial charge < -0.3 is 15.3 Å². The summed E-state index contributed by atoms with van der Waals surface area (Å²) in [5.74, 6) is -0.00861. The Morgan fingerprint density at radius 3 is 2.14 bits per heavy atom. The zero-order chi connectivity index (χ0) is 20.3. The minimum absolute atomic E-state index is 0.200. The summed E-state index contributed by atoms with van der Waals surface area (Å²) in [5.41, 5.74) is 3.20. The van der Waals surface area contributed by atoms with Crippen molar-refractivity contribution in [3.63, 3.8) is 0 Å². The molecule has 28 heavy (non-hydrogen) atoms. The second kappa shape index (κ2) is 8.57. The summed E-state index contributed by atoms with van der Waals surface area (Å²) in [4.78, 5) is 26.3. The molecule has 5 heteroatoms. The van der Waals surface area contributed by atoms with Crippen molar-refractivity contribution in [2.45, 2.75) is 51.3 Å². The highest BCUT2D eigenvalue weighted by atomic mass is 16.3. The first-order valence-corrected chi connectivity index (χ1v) is 9.77. The van der Waals surface area contributed by atoms with E-state index in [0.29, 0.717) is 5.92 Å². The van der Waals surface area contributed by atoms with E-state index in [4.69, 9.17) is 0 Å². The fourth-order valence-electron chi connectivity index (χ4n) is 3.73. The van der Waals surface area contributed by atoms with Gasteiger partial charge in [0.05, 0.1) is 12.1 Å². The van der Waals surface area contributed by atoms with Gasteiger partial charge in [0.15, 0.2) is 0 Å². The molecular formula is C23H28N2O3. The van der Waals surface area contributed by atoms with Crippen LogP contribution in [-0.2, 0) is 9.59 Å². The molecule has 0 radical (unpaired) electrons. The van der Waals surface area contributed by atoms with Crippen molar-refractivity contribution in [1.29, 1.82) is 0 Å². The SMILES string of the molecule is CC(=O)N1CC(O)CC1C(=O)NC(c1ccccc1)c1ccc(C(C)C)cc1. The smallest absolute Gasteiger partial charge is 0.243 e. The van der Waals surface area contributed by atoms with E-state index in [-0.39, 0.29) is 30.8 Å². The molecule has 0 bridgehead atoms. The molecule has 2 N–H and O–H groups in total. The van der Waals surface area contributed by atoms with Gasteiger partial charge in [-0.15, -0.1) is 0 Å². The van der Waals surface area contributed by atoms with Gasteiger partial charge in [0.25, 0.3) is 0 Å². The number of amides is 2. The van der Waals surface area contributed by atoms with Gasteiger partial charge in [-0.1, -0.05) is 68.4 Å². The number of nitrogens with one attached hydrogen (secondary N) is 1. The Balaban J connectivity index is 1.87. The lowest BCUT2D eigenvalue weighted by molar-refractivity contribution is -0.137. The van der Waals surface area contributed by atoms with Crippen LogP contribution in [0.3, 0.4) is 0 Å². The van der Waals surface area contributed by atoms with Crippen LogP contribution in [-0.4, -0.2) is 40.5 Å². The third kappa shape index (κ3) is 4.42. The Morgan fingerprint density at radius 1 is 1.00 bits per heavy atom. The van der Waals surface area contributed by atoms with Gasteiger partial charge in [0.2, 0.25) is 11.8 Å². The topological polar surface area (TPSA) is 69.6 Å².